The molecule has 0 saturated heterocycles. The van der Waals surface area contributed by atoms with Gasteiger partial charge in [0, 0.05) is 0 Å². The first kappa shape index (κ1) is 12.5. The molecule has 1 aliphatic rings. The summed E-state index contributed by atoms with van der Waals surface area (Å²) >= 11 is 0. The molecule has 100 valence electrons. The highest BCUT2D eigenvalue weighted by Crippen LogP contribution is 2.22. The normalized spacial score (nSPS) is 14.2. The lowest BCUT2D eigenvalue weighted by Crippen LogP contribution is -2.12. The van der Waals surface area contributed by atoms with E-state index >= 15 is 0 Å². The van der Waals surface area contributed by atoms with E-state index in [1.54, 1.807) is 18.2 Å². The van der Waals surface area contributed by atoms with E-state index < -0.39 is 0 Å². The second kappa shape index (κ2) is 5.25. The van der Waals surface area contributed by atoms with Gasteiger partial charge in [-0.05, 0) is 42.2 Å². The van der Waals surface area contributed by atoms with Gasteiger partial charge in [-0.3, -0.25) is 4.79 Å². The standard InChI is InChI=1S/C16H13FN2O/c17-13-8-6-11(7-9-13)14-10-15(18-19-16(14)20)12-4-2-1-3-5-12/h2,4-10H,1,3H2,(H,19,20). The van der Waals surface area contributed by atoms with Crippen LogP contribution in [0.2, 0.25) is 0 Å². The Balaban J connectivity index is 2.07. The van der Waals surface area contributed by atoms with Crippen molar-refractivity contribution in [3.63, 3.8) is 0 Å². The SMILES string of the molecule is O=c1[nH]nc(C2=CCCC=C2)cc1-c1ccc(F)cc1. The maximum atomic E-state index is 13.0. The molecule has 0 bridgehead atoms. The third-order valence-electron chi connectivity index (χ3n) is 3.25. The van der Waals surface area contributed by atoms with E-state index in [1.807, 2.05) is 6.08 Å². The van der Waals surface area contributed by atoms with Crippen LogP contribution in [-0.4, -0.2) is 10.2 Å². The molecule has 1 heterocycles. The molecule has 1 N–H and O–H groups in total. The first-order valence-electron chi connectivity index (χ1n) is 6.47. The van der Waals surface area contributed by atoms with Crippen LogP contribution in [0.15, 0.2) is 53.4 Å². The van der Waals surface area contributed by atoms with Gasteiger partial charge in [0.25, 0.3) is 5.56 Å². The molecule has 1 aromatic carbocycles. The molecular weight excluding hydrogens is 255 g/mol. The number of nitrogens with zero attached hydrogens (tertiary/aromatic N) is 1. The molecule has 0 atom stereocenters. The molecule has 0 spiro atoms. The number of allylic oxidation sites excluding steroid dienone is 4. The van der Waals surface area contributed by atoms with Crippen molar-refractivity contribution < 1.29 is 4.39 Å². The maximum Gasteiger partial charge on any atom is 0.272 e. The fourth-order valence-corrected chi connectivity index (χ4v) is 2.20. The van der Waals surface area contributed by atoms with Gasteiger partial charge >= 0.3 is 0 Å². The largest absolute Gasteiger partial charge is 0.272 e. The molecule has 0 saturated carbocycles. The Bertz CT molecular complexity index is 742. The van der Waals surface area contributed by atoms with Gasteiger partial charge in [0.05, 0.1) is 11.3 Å². The zero-order chi connectivity index (χ0) is 13.9. The minimum absolute atomic E-state index is 0.277. The zero-order valence-electron chi connectivity index (χ0n) is 10.8. The Hall–Kier alpha value is -2.49. The van der Waals surface area contributed by atoms with Crippen LogP contribution in [-0.2, 0) is 0 Å². The van der Waals surface area contributed by atoms with E-state index in [9.17, 15) is 9.18 Å². The third kappa shape index (κ3) is 2.45. The number of nitrogens with one attached hydrogen (secondary N) is 1. The summed E-state index contributed by atoms with van der Waals surface area (Å²) in [6, 6.07) is 7.61. The van der Waals surface area contributed by atoms with Gasteiger partial charge in [0.15, 0.2) is 0 Å². The average molecular weight is 268 g/mol. The number of rotatable bonds is 2. The highest BCUT2D eigenvalue weighted by Gasteiger charge is 2.09. The van der Waals surface area contributed by atoms with Crippen molar-refractivity contribution >= 4 is 5.57 Å². The Morgan fingerprint density at radius 2 is 1.95 bits per heavy atom. The predicted molar refractivity (Wildman–Crippen MR) is 76.6 cm³/mol. The van der Waals surface area contributed by atoms with Gasteiger partial charge < -0.3 is 0 Å². The van der Waals surface area contributed by atoms with Crippen LogP contribution < -0.4 is 5.56 Å². The van der Waals surface area contributed by atoms with Crippen molar-refractivity contribution in [1.82, 2.24) is 10.2 Å². The third-order valence-corrected chi connectivity index (χ3v) is 3.25. The van der Waals surface area contributed by atoms with E-state index in [4.69, 9.17) is 0 Å². The lowest BCUT2D eigenvalue weighted by atomic mass is 10.0. The van der Waals surface area contributed by atoms with E-state index in [2.05, 4.69) is 22.3 Å². The lowest BCUT2D eigenvalue weighted by molar-refractivity contribution is 0.628. The minimum Gasteiger partial charge on any atom is -0.267 e. The Labute approximate surface area is 115 Å². The van der Waals surface area contributed by atoms with Crippen molar-refractivity contribution in [3.05, 3.63) is 70.4 Å². The van der Waals surface area contributed by atoms with E-state index in [0.29, 0.717) is 11.1 Å². The monoisotopic (exact) mass is 268 g/mol. The molecule has 0 amide bonds. The van der Waals surface area contributed by atoms with Gasteiger partial charge in [-0.25, -0.2) is 9.49 Å². The quantitative estimate of drug-likeness (QED) is 0.908. The van der Waals surface area contributed by atoms with Crippen LogP contribution >= 0.6 is 0 Å². The fraction of sp³-hybridized carbons (Fsp3) is 0.125. The second-order valence-electron chi connectivity index (χ2n) is 4.64. The van der Waals surface area contributed by atoms with Gasteiger partial charge in [-0.15, -0.1) is 0 Å². The van der Waals surface area contributed by atoms with Crippen LogP contribution in [0.4, 0.5) is 4.39 Å². The molecule has 1 aliphatic carbocycles. The lowest BCUT2D eigenvalue weighted by Gasteiger charge is -2.07. The molecule has 0 fully saturated rings. The van der Waals surface area contributed by atoms with Crippen molar-refractivity contribution in [2.24, 2.45) is 0 Å². The Morgan fingerprint density at radius 3 is 2.65 bits per heavy atom. The first-order valence-corrected chi connectivity index (χ1v) is 6.47. The summed E-state index contributed by atoms with van der Waals surface area (Å²) in [7, 11) is 0. The second-order valence-corrected chi connectivity index (χ2v) is 4.64. The summed E-state index contributed by atoms with van der Waals surface area (Å²) in [6.07, 6.45) is 8.17. The topological polar surface area (TPSA) is 45.8 Å². The summed E-state index contributed by atoms with van der Waals surface area (Å²) in [5, 5.41) is 6.58. The van der Waals surface area contributed by atoms with Crippen molar-refractivity contribution in [2.75, 3.05) is 0 Å². The summed E-state index contributed by atoms with van der Waals surface area (Å²) in [6.45, 7) is 0. The van der Waals surface area contributed by atoms with Crippen molar-refractivity contribution in [3.8, 4) is 11.1 Å². The molecule has 0 radical (unpaired) electrons. The minimum atomic E-state index is -0.322. The van der Waals surface area contributed by atoms with E-state index in [0.717, 1.165) is 24.1 Å². The van der Waals surface area contributed by atoms with Crippen LogP contribution in [0, 0.1) is 5.82 Å². The summed E-state index contributed by atoms with van der Waals surface area (Å²) in [4.78, 5) is 11.9. The molecule has 0 unspecified atom stereocenters. The number of H-pyrrole nitrogens is 1. The smallest absolute Gasteiger partial charge is 0.267 e. The number of aromatic amines is 1. The molecule has 1 aromatic heterocycles. The van der Waals surface area contributed by atoms with Crippen molar-refractivity contribution in [1.29, 1.82) is 0 Å². The van der Waals surface area contributed by atoms with Crippen molar-refractivity contribution in [2.45, 2.75) is 12.8 Å². The number of benzene rings is 1. The summed E-state index contributed by atoms with van der Waals surface area (Å²) in [5.74, 6) is -0.322. The molecule has 3 rings (SSSR count). The first-order chi connectivity index (χ1) is 9.74. The summed E-state index contributed by atoms with van der Waals surface area (Å²) < 4.78 is 13.0. The van der Waals surface area contributed by atoms with Crippen LogP contribution in [0.5, 0.6) is 0 Å². The van der Waals surface area contributed by atoms with Gasteiger partial charge in [0.1, 0.15) is 5.82 Å². The summed E-state index contributed by atoms with van der Waals surface area (Å²) in [5.41, 5.74) is 2.61. The van der Waals surface area contributed by atoms with Crippen LogP contribution in [0.1, 0.15) is 18.5 Å². The predicted octanol–water partition coefficient (Wildman–Crippen LogP) is 3.31. The van der Waals surface area contributed by atoms with E-state index in [-0.39, 0.29) is 11.4 Å². The van der Waals surface area contributed by atoms with Gasteiger partial charge in [0.2, 0.25) is 0 Å². The zero-order valence-corrected chi connectivity index (χ0v) is 10.8. The highest BCUT2D eigenvalue weighted by molar-refractivity contribution is 5.75. The van der Waals surface area contributed by atoms with Gasteiger partial charge in [-0.1, -0.05) is 30.4 Å². The Kier molecular flexibility index (Phi) is 3.29. The van der Waals surface area contributed by atoms with Crippen LogP contribution in [0.25, 0.3) is 16.7 Å². The number of hydrogen-bond donors (Lipinski definition) is 1. The maximum absolute atomic E-state index is 13.0. The molecule has 3 nitrogen and oxygen atoms in total. The van der Waals surface area contributed by atoms with E-state index in [1.165, 1.54) is 12.1 Å². The Morgan fingerprint density at radius 1 is 1.15 bits per heavy atom. The number of halogens is 1. The number of hydrogen-bond acceptors (Lipinski definition) is 2. The number of aromatic nitrogens is 2. The molecule has 20 heavy (non-hydrogen) atoms. The average Bonchev–Trinajstić information content (AvgIpc) is 2.50. The fourth-order valence-electron chi connectivity index (χ4n) is 2.20. The highest BCUT2D eigenvalue weighted by atomic mass is 19.1. The molecule has 0 aliphatic heterocycles. The van der Waals surface area contributed by atoms with Gasteiger partial charge in [-0.2, -0.15) is 5.10 Å². The molecular formula is C16H13FN2O. The van der Waals surface area contributed by atoms with Crippen LogP contribution in [0.3, 0.4) is 0 Å². The molecule has 4 heteroatoms. The molecule has 2 aromatic rings.